The lowest BCUT2D eigenvalue weighted by Gasteiger charge is -2.16. The number of hydrogen-bond donors (Lipinski definition) is 5. The van der Waals surface area contributed by atoms with Crippen LogP contribution in [0.1, 0.15) is 23.7 Å². The van der Waals surface area contributed by atoms with Gasteiger partial charge in [-0.3, -0.25) is 19.4 Å². The molecule has 0 saturated carbocycles. The number of nitrogens with one attached hydrogen (secondary N) is 3. The van der Waals surface area contributed by atoms with Gasteiger partial charge >= 0.3 is 0 Å². The molecule has 7 N–H and O–H groups in total. The van der Waals surface area contributed by atoms with E-state index in [9.17, 15) is 14.4 Å². The molecule has 11 nitrogen and oxygen atoms in total. The third-order valence-electron chi connectivity index (χ3n) is 3.88. The third-order valence-corrected chi connectivity index (χ3v) is 3.88. The molecular weight excluding hydrogens is 380 g/mol. The lowest BCUT2D eigenvalue weighted by atomic mass is 10.2. The highest BCUT2D eigenvalue weighted by Gasteiger charge is 2.20. The number of nitrogens with zero attached hydrogens (tertiary/aromatic N) is 1. The van der Waals surface area contributed by atoms with Crippen molar-refractivity contribution in [2.45, 2.75) is 19.4 Å². The fourth-order valence-electron chi connectivity index (χ4n) is 2.44. The molecule has 1 aromatic heterocycles. The third kappa shape index (κ3) is 5.94. The number of nitrogens with two attached hydrogens (primary N) is 2. The molecule has 0 aliphatic carbocycles. The van der Waals surface area contributed by atoms with Crippen molar-refractivity contribution in [3.05, 3.63) is 40.2 Å². The minimum atomic E-state index is -0.956. The van der Waals surface area contributed by atoms with Gasteiger partial charge in [0.2, 0.25) is 11.9 Å². The Balaban J connectivity index is 2.35. The highest BCUT2D eigenvalue weighted by molar-refractivity contribution is 5.98. The van der Waals surface area contributed by atoms with Crippen LogP contribution in [0, 0.1) is 0 Å². The molecule has 1 heterocycles. The van der Waals surface area contributed by atoms with E-state index in [1.54, 1.807) is 38.3 Å². The van der Waals surface area contributed by atoms with E-state index >= 15 is 0 Å². The van der Waals surface area contributed by atoms with Crippen LogP contribution in [0.15, 0.2) is 29.1 Å². The number of carbonyl (C=O) groups excluding carboxylic acids is 2. The van der Waals surface area contributed by atoms with Crippen LogP contribution in [0.5, 0.6) is 5.75 Å². The highest BCUT2D eigenvalue weighted by atomic mass is 16.5. The lowest BCUT2D eigenvalue weighted by Crippen LogP contribution is -2.36. The minimum absolute atomic E-state index is 0.0272. The zero-order chi connectivity index (χ0) is 21.4. The smallest absolute Gasteiger partial charge is 0.267 e. The van der Waals surface area contributed by atoms with Crippen molar-refractivity contribution in [3.63, 3.8) is 0 Å². The molecule has 0 saturated heterocycles. The number of methoxy groups -OCH3 is 1. The molecule has 0 spiro atoms. The van der Waals surface area contributed by atoms with Crippen molar-refractivity contribution < 1.29 is 19.1 Å². The Hall–Kier alpha value is -3.60. The first-order chi connectivity index (χ1) is 13.8. The van der Waals surface area contributed by atoms with Crippen LogP contribution in [0.3, 0.4) is 0 Å². The number of primary amides is 2. The summed E-state index contributed by atoms with van der Waals surface area (Å²) in [4.78, 5) is 42.1. The summed E-state index contributed by atoms with van der Waals surface area (Å²) < 4.78 is 10.5. The van der Waals surface area contributed by atoms with Crippen molar-refractivity contribution in [2.75, 3.05) is 31.0 Å². The first kappa shape index (κ1) is 21.7. The molecule has 0 aliphatic rings. The van der Waals surface area contributed by atoms with Gasteiger partial charge in [0.25, 0.3) is 11.5 Å². The monoisotopic (exact) mass is 404 g/mol. The number of rotatable bonds is 11. The van der Waals surface area contributed by atoms with E-state index < -0.39 is 23.4 Å². The fourth-order valence-corrected chi connectivity index (χ4v) is 2.44. The SMILES string of the molecule is CCC(Nc1nc(Nc2cccc(OCCOC)c2)c(C(N)=O)c(=O)[nH]1)C(N)=O. The summed E-state index contributed by atoms with van der Waals surface area (Å²) in [5, 5.41) is 5.62. The van der Waals surface area contributed by atoms with Crippen LogP contribution < -0.4 is 32.4 Å². The fraction of sp³-hybridized carbons (Fsp3) is 0.333. The first-order valence-electron chi connectivity index (χ1n) is 8.84. The lowest BCUT2D eigenvalue weighted by molar-refractivity contribution is -0.118. The molecule has 1 unspecified atom stereocenters. The Morgan fingerprint density at radius 2 is 2.03 bits per heavy atom. The molecule has 0 fully saturated rings. The molecule has 2 amide bonds. The summed E-state index contributed by atoms with van der Waals surface area (Å²) in [6.45, 7) is 2.52. The van der Waals surface area contributed by atoms with Gasteiger partial charge in [-0.25, -0.2) is 0 Å². The summed E-state index contributed by atoms with van der Waals surface area (Å²) in [7, 11) is 1.57. The summed E-state index contributed by atoms with van der Waals surface area (Å²) >= 11 is 0. The Kier molecular flexibility index (Phi) is 7.54. The molecule has 2 rings (SSSR count). The van der Waals surface area contributed by atoms with Gasteiger partial charge in [-0.05, 0) is 18.6 Å². The Bertz CT molecular complexity index is 929. The van der Waals surface area contributed by atoms with Gasteiger partial charge in [0.1, 0.15) is 24.0 Å². The standard InChI is InChI=1S/C18H24N6O5/c1-3-12(14(19)25)22-18-23-16(13(15(20)26)17(27)24-18)21-10-5-4-6-11(9-10)29-8-7-28-2/h4-6,9,12H,3,7-8H2,1-2H3,(H2,19,25)(H2,20,26)(H3,21,22,23,24,27). The number of H-pyrrole nitrogens is 1. The van der Waals surface area contributed by atoms with Crippen LogP contribution in [0.2, 0.25) is 0 Å². The average molecular weight is 404 g/mol. The Labute approximate surface area is 166 Å². The number of aromatic amines is 1. The van der Waals surface area contributed by atoms with Gasteiger partial charge in [-0.1, -0.05) is 13.0 Å². The average Bonchev–Trinajstić information content (AvgIpc) is 2.65. The predicted molar refractivity (Wildman–Crippen MR) is 107 cm³/mol. The van der Waals surface area contributed by atoms with Crippen LogP contribution >= 0.6 is 0 Å². The van der Waals surface area contributed by atoms with E-state index in [-0.39, 0.29) is 17.3 Å². The molecular formula is C18H24N6O5. The predicted octanol–water partition coefficient (Wildman–Crippen LogP) is 0.313. The van der Waals surface area contributed by atoms with Crippen molar-refractivity contribution >= 4 is 29.3 Å². The quantitative estimate of drug-likeness (QED) is 0.333. The van der Waals surface area contributed by atoms with Gasteiger partial charge < -0.3 is 31.6 Å². The molecule has 11 heteroatoms. The van der Waals surface area contributed by atoms with Crippen molar-refractivity contribution in [3.8, 4) is 5.75 Å². The van der Waals surface area contributed by atoms with E-state index in [0.29, 0.717) is 31.1 Å². The minimum Gasteiger partial charge on any atom is -0.491 e. The largest absolute Gasteiger partial charge is 0.491 e. The Morgan fingerprint density at radius 3 is 2.66 bits per heavy atom. The summed E-state index contributed by atoms with van der Waals surface area (Å²) in [5.41, 5.74) is 10.0. The zero-order valence-electron chi connectivity index (χ0n) is 16.2. The van der Waals surface area contributed by atoms with Gasteiger partial charge in [-0.15, -0.1) is 0 Å². The van der Waals surface area contributed by atoms with Gasteiger partial charge in [0.15, 0.2) is 5.82 Å². The molecule has 29 heavy (non-hydrogen) atoms. The molecule has 1 atom stereocenters. The maximum atomic E-state index is 12.3. The molecule has 0 bridgehead atoms. The molecule has 0 radical (unpaired) electrons. The topological polar surface area (TPSA) is 174 Å². The molecule has 0 aliphatic heterocycles. The summed E-state index contributed by atoms with van der Waals surface area (Å²) in [6.07, 6.45) is 0.375. The van der Waals surface area contributed by atoms with E-state index in [1.165, 1.54) is 0 Å². The number of aromatic nitrogens is 2. The zero-order valence-corrected chi connectivity index (χ0v) is 16.2. The number of benzene rings is 1. The summed E-state index contributed by atoms with van der Waals surface area (Å²) in [6, 6.07) is 6.08. The number of hydrogen-bond acceptors (Lipinski definition) is 8. The number of ether oxygens (including phenoxy) is 2. The first-order valence-corrected chi connectivity index (χ1v) is 8.84. The normalized spacial score (nSPS) is 11.5. The second-order valence-electron chi connectivity index (χ2n) is 6.00. The number of anilines is 3. The molecule has 1 aromatic carbocycles. The van der Waals surface area contributed by atoms with E-state index in [4.69, 9.17) is 20.9 Å². The molecule has 156 valence electrons. The van der Waals surface area contributed by atoms with Gasteiger partial charge in [0, 0.05) is 18.9 Å². The van der Waals surface area contributed by atoms with Crippen LogP contribution in [-0.4, -0.2) is 48.1 Å². The number of amides is 2. The van der Waals surface area contributed by atoms with Gasteiger partial charge in [0.05, 0.1) is 6.61 Å². The van der Waals surface area contributed by atoms with Crippen LogP contribution in [-0.2, 0) is 9.53 Å². The maximum Gasteiger partial charge on any atom is 0.267 e. The van der Waals surface area contributed by atoms with E-state index in [0.717, 1.165) is 0 Å². The molecule has 2 aromatic rings. The van der Waals surface area contributed by atoms with E-state index in [2.05, 4.69) is 20.6 Å². The highest BCUT2D eigenvalue weighted by Crippen LogP contribution is 2.22. The Morgan fingerprint density at radius 1 is 1.28 bits per heavy atom. The second-order valence-corrected chi connectivity index (χ2v) is 6.00. The van der Waals surface area contributed by atoms with Crippen LogP contribution in [0.25, 0.3) is 0 Å². The second kappa shape index (κ2) is 10.1. The van der Waals surface area contributed by atoms with E-state index in [1.807, 2.05) is 0 Å². The van der Waals surface area contributed by atoms with Crippen molar-refractivity contribution in [2.24, 2.45) is 11.5 Å². The van der Waals surface area contributed by atoms with Crippen LogP contribution in [0.4, 0.5) is 17.5 Å². The maximum absolute atomic E-state index is 12.3. The summed E-state index contributed by atoms with van der Waals surface area (Å²) in [5.74, 6) is -1.11. The number of carbonyl (C=O) groups is 2. The van der Waals surface area contributed by atoms with Crippen molar-refractivity contribution in [1.29, 1.82) is 0 Å². The van der Waals surface area contributed by atoms with Gasteiger partial charge in [-0.2, -0.15) is 4.98 Å². The van der Waals surface area contributed by atoms with Crippen molar-refractivity contribution in [1.82, 2.24) is 9.97 Å².